The first-order chi connectivity index (χ1) is 11.2. The third kappa shape index (κ3) is 2.61. The molecule has 1 atom stereocenters. The highest BCUT2D eigenvalue weighted by molar-refractivity contribution is 5.96. The highest BCUT2D eigenvalue weighted by atomic mass is 16.6. The molecule has 1 aromatic rings. The molecule has 0 radical (unpaired) electrons. The number of hydrogen-bond acceptors (Lipinski definition) is 5. The van der Waals surface area contributed by atoms with Crippen molar-refractivity contribution < 1.29 is 19.1 Å². The van der Waals surface area contributed by atoms with Crippen LogP contribution in [0.25, 0.3) is 0 Å². The largest absolute Gasteiger partial charge is 0.490 e. The van der Waals surface area contributed by atoms with Crippen LogP contribution < -0.4 is 9.64 Å². The molecule has 122 valence electrons. The summed E-state index contributed by atoms with van der Waals surface area (Å²) in [5.41, 5.74) is 0.835. The van der Waals surface area contributed by atoms with Crippen molar-refractivity contribution in [3.8, 4) is 5.75 Å². The van der Waals surface area contributed by atoms with Crippen molar-refractivity contribution in [2.24, 2.45) is 0 Å². The maximum Gasteiger partial charge on any atom is 0.410 e. The number of carbonyl (C=O) groups is 2. The third-order valence-electron chi connectivity index (χ3n) is 4.59. The summed E-state index contributed by atoms with van der Waals surface area (Å²) in [5, 5.41) is 0. The fourth-order valence-corrected chi connectivity index (χ4v) is 3.40. The zero-order chi connectivity index (χ0) is 15.8. The van der Waals surface area contributed by atoms with Gasteiger partial charge in [-0.3, -0.25) is 14.6 Å². The Morgan fingerprint density at radius 1 is 1.17 bits per heavy atom. The maximum atomic E-state index is 12.7. The number of cyclic esters (lactones) is 1. The molecule has 23 heavy (non-hydrogen) atoms. The van der Waals surface area contributed by atoms with E-state index in [1.807, 2.05) is 24.3 Å². The normalized spacial score (nSPS) is 23.8. The predicted octanol–water partition coefficient (Wildman–Crippen LogP) is 0.548. The predicted molar refractivity (Wildman–Crippen MR) is 82.6 cm³/mol. The summed E-state index contributed by atoms with van der Waals surface area (Å²) in [7, 11) is 0. The van der Waals surface area contributed by atoms with E-state index >= 15 is 0 Å². The number of benzene rings is 1. The van der Waals surface area contributed by atoms with E-state index in [4.69, 9.17) is 9.47 Å². The minimum absolute atomic E-state index is 0.0689. The Morgan fingerprint density at radius 2 is 2.04 bits per heavy atom. The van der Waals surface area contributed by atoms with Crippen molar-refractivity contribution in [2.75, 3.05) is 50.8 Å². The van der Waals surface area contributed by atoms with Crippen LogP contribution in [0.1, 0.15) is 0 Å². The molecule has 0 unspecified atom stereocenters. The van der Waals surface area contributed by atoms with E-state index in [9.17, 15) is 9.59 Å². The Morgan fingerprint density at radius 3 is 2.96 bits per heavy atom. The van der Waals surface area contributed by atoms with E-state index in [2.05, 4.69) is 4.90 Å². The molecule has 1 aromatic carbocycles. The number of hydrogen-bond donors (Lipinski definition) is 0. The van der Waals surface area contributed by atoms with Crippen LogP contribution >= 0.6 is 0 Å². The van der Waals surface area contributed by atoms with Gasteiger partial charge in [-0.15, -0.1) is 0 Å². The smallest absolute Gasteiger partial charge is 0.410 e. The van der Waals surface area contributed by atoms with Crippen molar-refractivity contribution >= 4 is 17.7 Å². The molecule has 2 fully saturated rings. The van der Waals surface area contributed by atoms with Crippen LogP contribution in [0.2, 0.25) is 0 Å². The van der Waals surface area contributed by atoms with Gasteiger partial charge in [0.05, 0.1) is 24.8 Å². The molecule has 0 bridgehead atoms. The monoisotopic (exact) mass is 317 g/mol. The zero-order valence-electron chi connectivity index (χ0n) is 12.8. The molecule has 0 aromatic heterocycles. The standard InChI is InChI=1S/C16H19N3O4/c20-15(19-7-8-22-14-4-2-1-3-13(14)19)10-17-5-6-18-12(9-17)11-23-16(18)21/h1-4,12H,5-11H2/t12-/m1/s1. The maximum absolute atomic E-state index is 12.7. The second-order valence-electron chi connectivity index (χ2n) is 6.02. The molecule has 7 nitrogen and oxygen atoms in total. The van der Waals surface area contributed by atoms with Crippen molar-refractivity contribution in [2.45, 2.75) is 6.04 Å². The van der Waals surface area contributed by atoms with E-state index < -0.39 is 0 Å². The second kappa shape index (κ2) is 5.73. The Bertz CT molecular complexity index is 636. The van der Waals surface area contributed by atoms with Crippen LogP contribution in [-0.4, -0.2) is 73.8 Å². The Hall–Kier alpha value is -2.28. The van der Waals surface area contributed by atoms with Crippen LogP contribution in [0.4, 0.5) is 10.5 Å². The number of piperazine rings is 1. The quantitative estimate of drug-likeness (QED) is 0.797. The van der Waals surface area contributed by atoms with Crippen LogP contribution in [-0.2, 0) is 9.53 Å². The first-order valence-corrected chi connectivity index (χ1v) is 7.90. The van der Waals surface area contributed by atoms with E-state index in [0.717, 1.165) is 11.4 Å². The van der Waals surface area contributed by atoms with Crippen molar-refractivity contribution in [1.29, 1.82) is 0 Å². The van der Waals surface area contributed by atoms with E-state index in [1.54, 1.807) is 9.80 Å². The third-order valence-corrected chi connectivity index (χ3v) is 4.59. The average molecular weight is 317 g/mol. The summed E-state index contributed by atoms with van der Waals surface area (Å²) in [4.78, 5) is 29.9. The molecule has 0 aliphatic carbocycles. The van der Waals surface area contributed by atoms with E-state index in [0.29, 0.717) is 45.9 Å². The Balaban J connectivity index is 1.42. The first-order valence-electron chi connectivity index (χ1n) is 7.90. The number of rotatable bonds is 2. The van der Waals surface area contributed by atoms with Crippen LogP contribution in [0, 0.1) is 0 Å². The number of para-hydroxylation sites is 2. The molecule has 7 heteroatoms. The molecule has 2 saturated heterocycles. The molecule has 3 heterocycles. The second-order valence-corrected chi connectivity index (χ2v) is 6.02. The fourth-order valence-electron chi connectivity index (χ4n) is 3.40. The Kier molecular flexibility index (Phi) is 3.57. The molecule has 0 N–H and O–H groups in total. The summed E-state index contributed by atoms with van der Waals surface area (Å²) in [5.74, 6) is 0.825. The number of amides is 2. The lowest BCUT2D eigenvalue weighted by Crippen LogP contribution is -2.54. The van der Waals surface area contributed by atoms with Gasteiger partial charge < -0.3 is 14.4 Å². The van der Waals surface area contributed by atoms with Crippen molar-refractivity contribution in [1.82, 2.24) is 9.80 Å². The van der Waals surface area contributed by atoms with Gasteiger partial charge in [-0.1, -0.05) is 12.1 Å². The number of carbonyl (C=O) groups excluding carboxylic acids is 2. The highest BCUT2D eigenvalue weighted by Crippen LogP contribution is 2.31. The minimum atomic E-state index is -0.233. The van der Waals surface area contributed by atoms with Crippen molar-refractivity contribution in [3.63, 3.8) is 0 Å². The van der Waals surface area contributed by atoms with E-state index in [-0.39, 0.29) is 18.0 Å². The SMILES string of the molecule is O=C(CN1CCN2C(=O)OC[C@H]2C1)N1CCOc2ccccc21. The van der Waals surface area contributed by atoms with Gasteiger partial charge in [0.1, 0.15) is 19.0 Å². The molecule has 3 aliphatic heterocycles. The van der Waals surface area contributed by atoms with Gasteiger partial charge in [-0.05, 0) is 12.1 Å². The lowest BCUT2D eigenvalue weighted by Gasteiger charge is -2.36. The van der Waals surface area contributed by atoms with Gasteiger partial charge in [-0.25, -0.2) is 4.79 Å². The molecule has 4 rings (SSSR count). The number of fused-ring (bicyclic) bond motifs is 2. The van der Waals surface area contributed by atoms with Gasteiger partial charge in [0.15, 0.2) is 0 Å². The van der Waals surface area contributed by atoms with Gasteiger partial charge >= 0.3 is 6.09 Å². The molecule has 0 spiro atoms. The molecular formula is C16H19N3O4. The van der Waals surface area contributed by atoms with Crippen LogP contribution in [0.5, 0.6) is 5.75 Å². The number of anilines is 1. The highest BCUT2D eigenvalue weighted by Gasteiger charge is 2.38. The summed E-state index contributed by atoms with van der Waals surface area (Å²) in [6.07, 6.45) is -0.233. The van der Waals surface area contributed by atoms with Gasteiger partial charge in [0.25, 0.3) is 0 Å². The summed E-state index contributed by atoms with van der Waals surface area (Å²) >= 11 is 0. The van der Waals surface area contributed by atoms with Gasteiger partial charge in [0, 0.05) is 19.6 Å². The van der Waals surface area contributed by atoms with E-state index in [1.165, 1.54) is 0 Å². The Labute approximate surface area is 134 Å². The summed E-state index contributed by atoms with van der Waals surface area (Å²) in [6.45, 7) is 3.86. The van der Waals surface area contributed by atoms with Crippen LogP contribution in [0.15, 0.2) is 24.3 Å². The molecule has 2 amide bonds. The topological polar surface area (TPSA) is 62.3 Å². The zero-order valence-corrected chi connectivity index (χ0v) is 12.8. The summed E-state index contributed by atoms with van der Waals surface area (Å²) < 4.78 is 10.7. The first kappa shape index (κ1) is 14.3. The number of nitrogens with zero attached hydrogens (tertiary/aromatic N) is 3. The lowest BCUT2D eigenvalue weighted by molar-refractivity contribution is -0.120. The minimum Gasteiger partial charge on any atom is -0.490 e. The number of ether oxygens (including phenoxy) is 2. The van der Waals surface area contributed by atoms with Crippen molar-refractivity contribution in [3.05, 3.63) is 24.3 Å². The van der Waals surface area contributed by atoms with Gasteiger partial charge in [-0.2, -0.15) is 0 Å². The molecule has 3 aliphatic rings. The van der Waals surface area contributed by atoms with Crippen LogP contribution in [0.3, 0.4) is 0 Å². The molecule has 0 saturated carbocycles. The fraction of sp³-hybridized carbons (Fsp3) is 0.500. The molecular weight excluding hydrogens is 298 g/mol. The summed E-state index contributed by atoms with van der Waals surface area (Å²) in [6, 6.07) is 7.68. The lowest BCUT2D eigenvalue weighted by atomic mass is 10.2. The van der Waals surface area contributed by atoms with Gasteiger partial charge in [0.2, 0.25) is 5.91 Å². The average Bonchev–Trinajstić information content (AvgIpc) is 2.95.